The van der Waals surface area contributed by atoms with E-state index in [1.165, 1.54) is 4.68 Å². The van der Waals surface area contributed by atoms with E-state index in [1.807, 2.05) is 0 Å². The number of hydrogen-bond donors (Lipinski definition) is 2. The first-order chi connectivity index (χ1) is 18.0. The Morgan fingerprint density at radius 3 is 2.39 bits per heavy atom. The largest absolute Gasteiger partial charge is 0.410 e. The van der Waals surface area contributed by atoms with Crippen LogP contribution in [0.4, 0.5) is 24.7 Å². The summed E-state index contributed by atoms with van der Waals surface area (Å²) in [5, 5.41) is 9.57. The van der Waals surface area contributed by atoms with Crippen LogP contribution in [-0.4, -0.2) is 31.2 Å². The van der Waals surface area contributed by atoms with Crippen molar-refractivity contribution in [1.82, 2.24) is 19.1 Å². The Morgan fingerprint density at radius 2 is 1.76 bits per heavy atom. The summed E-state index contributed by atoms with van der Waals surface area (Å²) in [6, 6.07) is 12.4. The molecular formula is C25H21Cl2F3N6O2. The Kier molecular flexibility index (Phi) is 6.52. The number of rotatable bonds is 4. The van der Waals surface area contributed by atoms with Gasteiger partial charge in [0.25, 0.3) is 11.5 Å². The monoisotopic (exact) mass is 564 g/mol. The molecule has 2 aromatic carbocycles. The summed E-state index contributed by atoms with van der Waals surface area (Å²) in [6.07, 6.45) is -5.04. The Balaban J connectivity index is 1.51. The van der Waals surface area contributed by atoms with Crippen molar-refractivity contribution in [2.24, 2.45) is 7.05 Å². The summed E-state index contributed by atoms with van der Waals surface area (Å²) in [5.74, 6) is -1.05. The molecule has 198 valence electrons. The highest BCUT2D eigenvalue weighted by Crippen LogP contribution is 2.46. The topological polar surface area (TPSA) is 85.9 Å². The van der Waals surface area contributed by atoms with Gasteiger partial charge in [0.05, 0.1) is 17.4 Å². The van der Waals surface area contributed by atoms with Crippen LogP contribution in [-0.2, 0) is 7.05 Å². The molecule has 8 nitrogen and oxygen atoms in total. The first-order valence-corrected chi connectivity index (χ1v) is 12.2. The first kappa shape index (κ1) is 25.9. The number of para-hydroxylation sites is 1. The maximum Gasteiger partial charge on any atom is 0.410 e. The molecule has 4 aromatic rings. The van der Waals surface area contributed by atoms with Crippen LogP contribution < -0.4 is 16.2 Å². The zero-order chi connectivity index (χ0) is 27.4. The zero-order valence-corrected chi connectivity index (χ0v) is 21.6. The van der Waals surface area contributed by atoms with Crippen molar-refractivity contribution in [3.8, 4) is 5.69 Å². The minimum atomic E-state index is -4.66. The summed E-state index contributed by atoms with van der Waals surface area (Å²) < 4.78 is 45.8. The Labute approximate surface area is 224 Å². The lowest BCUT2D eigenvalue weighted by Crippen LogP contribution is -2.35. The molecule has 38 heavy (non-hydrogen) atoms. The predicted octanol–water partition coefficient (Wildman–Crippen LogP) is 5.90. The van der Waals surface area contributed by atoms with Crippen LogP contribution >= 0.6 is 23.2 Å². The lowest BCUT2D eigenvalue weighted by Gasteiger charge is -2.33. The number of anilines is 2. The van der Waals surface area contributed by atoms with Gasteiger partial charge >= 0.3 is 6.18 Å². The maximum atomic E-state index is 14.1. The van der Waals surface area contributed by atoms with Gasteiger partial charge in [-0.3, -0.25) is 14.3 Å². The van der Waals surface area contributed by atoms with Crippen molar-refractivity contribution in [3.05, 3.63) is 91.9 Å². The number of nitrogens with zero attached hydrogens (tertiary/aromatic N) is 4. The lowest BCUT2D eigenvalue weighted by atomic mass is 9.97. The molecule has 0 saturated heterocycles. The van der Waals surface area contributed by atoms with Gasteiger partial charge in [-0.15, -0.1) is 0 Å². The summed E-state index contributed by atoms with van der Waals surface area (Å²) in [6.45, 7) is 1.63. The van der Waals surface area contributed by atoms with Crippen molar-refractivity contribution < 1.29 is 18.0 Å². The van der Waals surface area contributed by atoms with E-state index in [2.05, 4.69) is 15.7 Å². The number of amides is 1. The van der Waals surface area contributed by atoms with Crippen LogP contribution in [0, 0.1) is 6.92 Å². The van der Waals surface area contributed by atoms with Gasteiger partial charge < -0.3 is 10.6 Å². The van der Waals surface area contributed by atoms with Gasteiger partial charge in [-0.25, -0.2) is 9.36 Å². The standard InChI is InChI=1S/C25H21Cl2F3N6O2/c1-13-20(24(38)36(34(13)2)16-6-4-3-5-7-16)32-23(37)21-19(27)22-31-17(14-8-10-15(26)11-9-14)12-18(25(28,29)30)35(22)33-21/h3-11,17-18,31H,12H2,1-2H3,(H,32,37)/t17-,18-/m0/s1. The van der Waals surface area contributed by atoms with E-state index < -0.39 is 35.4 Å². The summed E-state index contributed by atoms with van der Waals surface area (Å²) in [7, 11) is 1.65. The fourth-order valence-corrected chi connectivity index (χ4v) is 4.92. The average Bonchev–Trinajstić information content (AvgIpc) is 3.32. The molecular weight excluding hydrogens is 544 g/mol. The first-order valence-electron chi connectivity index (χ1n) is 11.5. The van der Waals surface area contributed by atoms with E-state index in [9.17, 15) is 22.8 Å². The highest BCUT2D eigenvalue weighted by Gasteiger charge is 2.48. The summed E-state index contributed by atoms with van der Waals surface area (Å²) in [5.41, 5.74) is 0.584. The average molecular weight is 565 g/mol. The van der Waals surface area contributed by atoms with Gasteiger partial charge in [-0.1, -0.05) is 53.5 Å². The van der Waals surface area contributed by atoms with Gasteiger partial charge in [0.1, 0.15) is 16.5 Å². The number of fused-ring (bicyclic) bond motifs is 1. The van der Waals surface area contributed by atoms with Crippen LogP contribution in [0.5, 0.6) is 0 Å². The van der Waals surface area contributed by atoms with E-state index >= 15 is 0 Å². The minimum Gasteiger partial charge on any atom is -0.362 e. The quantitative estimate of drug-likeness (QED) is 0.323. The van der Waals surface area contributed by atoms with Crippen molar-refractivity contribution >= 4 is 40.6 Å². The molecule has 0 aliphatic carbocycles. The molecule has 13 heteroatoms. The molecule has 0 radical (unpaired) electrons. The predicted molar refractivity (Wildman–Crippen MR) is 138 cm³/mol. The Morgan fingerprint density at radius 1 is 1.11 bits per heavy atom. The van der Waals surface area contributed by atoms with Crippen molar-refractivity contribution in [2.75, 3.05) is 10.6 Å². The molecule has 2 atom stereocenters. The van der Waals surface area contributed by atoms with E-state index in [-0.39, 0.29) is 22.9 Å². The smallest absolute Gasteiger partial charge is 0.362 e. The number of halogens is 5. The molecule has 0 spiro atoms. The molecule has 1 amide bonds. The number of benzene rings is 2. The number of carbonyl (C=O) groups excluding carboxylic acids is 1. The van der Waals surface area contributed by atoms with Crippen LogP contribution in [0.2, 0.25) is 10.0 Å². The van der Waals surface area contributed by atoms with E-state index in [1.54, 1.807) is 73.3 Å². The fraction of sp³-hybridized carbons (Fsp3) is 0.240. The molecule has 1 aliphatic rings. The summed E-state index contributed by atoms with van der Waals surface area (Å²) >= 11 is 12.4. The van der Waals surface area contributed by atoms with Crippen LogP contribution in [0.25, 0.3) is 5.69 Å². The van der Waals surface area contributed by atoms with Crippen LogP contribution in [0.15, 0.2) is 59.4 Å². The van der Waals surface area contributed by atoms with Crippen molar-refractivity contribution in [2.45, 2.75) is 31.6 Å². The lowest BCUT2D eigenvalue weighted by molar-refractivity contribution is -0.173. The van der Waals surface area contributed by atoms with Gasteiger partial charge in [-0.2, -0.15) is 18.3 Å². The Hall–Kier alpha value is -3.70. The molecule has 1 aliphatic heterocycles. The highest BCUT2D eigenvalue weighted by atomic mass is 35.5. The molecule has 0 saturated carbocycles. The van der Waals surface area contributed by atoms with E-state index in [0.29, 0.717) is 26.6 Å². The number of aromatic nitrogens is 4. The minimum absolute atomic E-state index is 0.0391. The third-order valence-electron chi connectivity index (χ3n) is 6.58. The molecule has 0 unspecified atom stereocenters. The molecule has 3 heterocycles. The third kappa shape index (κ3) is 4.45. The normalized spacial score (nSPS) is 17.1. The second-order valence-corrected chi connectivity index (χ2v) is 9.70. The number of carbonyl (C=O) groups is 1. The fourth-order valence-electron chi connectivity index (χ4n) is 4.53. The zero-order valence-electron chi connectivity index (χ0n) is 20.1. The number of hydrogen-bond acceptors (Lipinski definition) is 4. The van der Waals surface area contributed by atoms with Crippen molar-refractivity contribution in [3.63, 3.8) is 0 Å². The van der Waals surface area contributed by atoms with Crippen LogP contribution in [0.3, 0.4) is 0 Å². The number of alkyl halides is 3. The molecule has 2 aromatic heterocycles. The van der Waals surface area contributed by atoms with Gasteiger partial charge in [0, 0.05) is 18.5 Å². The van der Waals surface area contributed by atoms with Crippen LogP contribution in [0.1, 0.15) is 40.3 Å². The van der Waals surface area contributed by atoms with Gasteiger partial charge in [0.2, 0.25) is 0 Å². The third-order valence-corrected chi connectivity index (χ3v) is 7.19. The van der Waals surface area contributed by atoms with E-state index in [0.717, 1.165) is 0 Å². The number of nitrogens with one attached hydrogen (secondary N) is 2. The second-order valence-electron chi connectivity index (χ2n) is 8.89. The molecule has 5 rings (SSSR count). The van der Waals surface area contributed by atoms with Gasteiger partial charge in [0.15, 0.2) is 11.7 Å². The molecule has 0 fully saturated rings. The van der Waals surface area contributed by atoms with Gasteiger partial charge in [-0.05, 0) is 36.8 Å². The highest BCUT2D eigenvalue weighted by molar-refractivity contribution is 6.36. The second kappa shape index (κ2) is 9.55. The summed E-state index contributed by atoms with van der Waals surface area (Å²) in [4.78, 5) is 26.4. The molecule has 0 bridgehead atoms. The van der Waals surface area contributed by atoms with Crippen molar-refractivity contribution in [1.29, 1.82) is 0 Å². The van der Waals surface area contributed by atoms with E-state index in [4.69, 9.17) is 23.2 Å². The maximum absolute atomic E-state index is 14.1. The molecule has 2 N–H and O–H groups in total. The SMILES string of the molecule is Cc1c(NC(=O)c2nn3c(c2Cl)N[C@H](c2ccc(Cl)cc2)C[C@H]3C(F)(F)F)c(=O)n(-c2ccccc2)n1C. The Bertz CT molecular complexity index is 1580.